The summed E-state index contributed by atoms with van der Waals surface area (Å²) < 4.78 is 1.04. The maximum absolute atomic E-state index is 11.7. The molecule has 0 atom stereocenters. The first-order valence-electron chi connectivity index (χ1n) is 6.03. The van der Waals surface area contributed by atoms with E-state index in [4.69, 9.17) is 0 Å². The predicted molar refractivity (Wildman–Crippen MR) is 73.0 cm³/mol. The molecule has 17 heavy (non-hydrogen) atoms. The molecular formula is C13H17BrN2O. The molecule has 0 aromatic heterocycles. The van der Waals surface area contributed by atoms with Crippen molar-refractivity contribution in [2.75, 3.05) is 11.9 Å². The number of nitrogens with one attached hydrogen (secondary N) is 2. The molecule has 92 valence electrons. The van der Waals surface area contributed by atoms with Crippen molar-refractivity contribution in [1.82, 2.24) is 5.32 Å². The fraction of sp³-hybridized carbons (Fsp3) is 0.462. The molecule has 0 saturated heterocycles. The Balaban J connectivity index is 1.73. The average Bonchev–Trinajstić information content (AvgIpc) is 2.81. The molecule has 1 amide bonds. The monoisotopic (exact) mass is 296 g/mol. The Labute approximate surface area is 110 Å². The summed E-state index contributed by atoms with van der Waals surface area (Å²) in [6.45, 7) is 0.345. The topological polar surface area (TPSA) is 41.1 Å². The van der Waals surface area contributed by atoms with Gasteiger partial charge in [0.25, 0.3) is 0 Å². The Morgan fingerprint density at radius 2 is 1.88 bits per heavy atom. The van der Waals surface area contributed by atoms with Gasteiger partial charge >= 0.3 is 0 Å². The molecule has 0 aliphatic heterocycles. The van der Waals surface area contributed by atoms with E-state index in [1.165, 1.54) is 12.8 Å². The van der Waals surface area contributed by atoms with Crippen molar-refractivity contribution in [2.24, 2.45) is 0 Å². The third-order valence-electron chi connectivity index (χ3n) is 3.02. The molecule has 1 aliphatic rings. The molecule has 0 unspecified atom stereocenters. The number of hydrogen-bond acceptors (Lipinski definition) is 2. The summed E-state index contributed by atoms with van der Waals surface area (Å²) in [6, 6.07) is 8.21. The summed E-state index contributed by atoms with van der Waals surface area (Å²) >= 11 is 3.38. The van der Waals surface area contributed by atoms with E-state index < -0.39 is 0 Å². The highest BCUT2D eigenvalue weighted by molar-refractivity contribution is 9.10. The molecule has 0 heterocycles. The lowest BCUT2D eigenvalue weighted by Gasteiger charge is -2.12. The molecule has 0 bridgehead atoms. The van der Waals surface area contributed by atoms with Crippen LogP contribution in [0.2, 0.25) is 0 Å². The lowest BCUT2D eigenvalue weighted by atomic mass is 10.2. The smallest absolute Gasteiger partial charge is 0.239 e. The number of benzene rings is 1. The number of rotatable bonds is 4. The normalized spacial score (nSPS) is 15.8. The van der Waals surface area contributed by atoms with Crippen LogP contribution in [0.25, 0.3) is 0 Å². The number of amides is 1. The Morgan fingerprint density at radius 1 is 1.24 bits per heavy atom. The SMILES string of the molecule is O=C(CNc1ccc(Br)cc1)NC1CCCC1. The van der Waals surface area contributed by atoms with Crippen LogP contribution in [0.3, 0.4) is 0 Å². The number of halogens is 1. The number of carbonyl (C=O) groups is 1. The van der Waals surface area contributed by atoms with Crippen molar-refractivity contribution < 1.29 is 4.79 Å². The van der Waals surface area contributed by atoms with Gasteiger partial charge < -0.3 is 10.6 Å². The first-order chi connectivity index (χ1) is 8.24. The minimum Gasteiger partial charge on any atom is -0.376 e. The summed E-state index contributed by atoms with van der Waals surface area (Å²) in [5, 5.41) is 6.16. The second-order valence-electron chi connectivity index (χ2n) is 4.41. The molecule has 1 aromatic rings. The maximum atomic E-state index is 11.7. The van der Waals surface area contributed by atoms with Crippen molar-refractivity contribution in [2.45, 2.75) is 31.7 Å². The zero-order chi connectivity index (χ0) is 12.1. The molecular weight excluding hydrogens is 280 g/mol. The van der Waals surface area contributed by atoms with E-state index in [0.717, 1.165) is 23.0 Å². The van der Waals surface area contributed by atoms with E-state index in [1.54, 1.807) is 0 Å². The molecule has 2 N–H and O–H groups in total. The lowest BCUT2D eigenvalue weighted by molar-refractivity contribution is -0.120. The van der Waals surface area contributed by atoms with E-state index in [0.29, 0.717) is 12.6 Å². The fourth-order valence-corrected chi connectivity index (χ4v) is 2.36. The van der Waals surface area contributed by atoms with E-state index in [9.17, 15) is 4.79 Å². The van der Waals surface area contributed by atoms with Crippen LogP contribution in [0.15, 0.2) is 28.7 Å². The van der Waals surface area contributed by atoms with Gasteiger partial charge in [0.1, 0.15) is 0 Å². The summed E-state index contributed by atoms with van der Waals surface area (Å²) in [5.74, 6) is 0.0832. The summed E-state index contributed by atoms with van der Waals surface area (Å²) in [6.07, 6.45) is 4.74. The van der Waals surface area contributed by atoms with Gasteiger partial charge in [-0.15, -0.1) is 0 Å². The van der Waals surface area contributed by atoms with Crippen LogP contribution in [0, 0.1) is 0 Å². The molecule has 0 radical (unpaired) electrons. The quantitative estimate of drug-likeness (QED) is 0.897. The lowest BCUT2D eigenvalue weighted by Crippen LogP contribution is -2.36. The largest absolute Gasteiger partial charge is 0.376 e. The van der Waals surface area contributed by atoms with E-state index >= 15 is 0 Å². The van der Waals surface area contributed by atoms with Crippen molar-refractivity contribution in [3.63, 3.8) is 0 Å². The number of hydrogen-bond donors (Lipinski definition) is 2. The zero-order valence-corrected chi connectivity index (χ0v) is 11.3. The average molecular weight is 297 g/mol. The first kappa shape index (κ1) is 12.4. The third-order valence-corrected chi connectivity index (χ3v) is 3.55. The van der Waals surface area contributed by atoms with Crippen molar-refractivity contribution >= 4 is 27.5 Å². The van der Waals surface area contributed by atoms with E-state index in [1.807, 2.05) is 24.3 Å². The Bertz CT molecular complexity index is 372. The molecule has 4 heteroatoms. The molecule has 1 aliphatic carbocycles. The number of anilines is 1. The first-order valence-corrected chi connectivity index (χ1v) is 6.82. The third kappa shape index (κ3) is 4.04. The minimum atomic E-state index is 0.0832. The van der Waals surface area contributed by atoms with Crippen LogP contribution in [0.1, 0.15) is 25.7 Å². The van der Waals surface area contributed by atoms with Gasteiger partial charge in [0.05, 0.1) is 6.54 Å². The van der Waals surface area contributed by atoms with Gasteiger partial charge in [-0.3, -0.25) is 4.79 Å². The second-order valence-corrected chi connectivity index (χ2v) is 5.33. The highest BCUT2D eigenvalue weighted by Gasteiger charge is 2.16. The zero-order valence-electron chi connectivity index (χ0n) is 9.71. The second kappa shape index (κ2) is 6.05. The van der Waals surface area contributed by atoms with Crippen LogP contribution in [0.4, 0.5) is 5.69 Å². The fourth-order valence-electron chi connectivity index (χ4n) is 2.10. The standard InChI is InChI=1S/C13H17BrN2O/c14-10-5-7-11(8-6-10)15-9-13(17)16-12-3-1-2-4-12/h5-8,12,15H,1-4,9H2,(H,16,17). The Morgan fingerprint density at radius 3 is 2.53 bits per heavy atom. The van der Waals surface area contributed by atoms with E-state index in [2.05, 4.69) is 26.6 Å². The van der Waals surface area contributed by atoms with Gasteiger partial charge in [0, 0.05) is 16.2 Å². The van der Waals surface area contributed by atoms with Crippen LogP contribution < -0.4 is 10.6 Å². The van der Waals surface area contributed by atoms with Crippen LogP contribution in [-0.2, 0) is 4.79 Å². The van der Waals surface area contributed by atoms with Crippen molar-refractivity contribution in [1.29, 1.82) is 0 Å². The van der Waals surface area contributed by atoms with Gasteiger partial charge in [0.2, 0.25) is 5.91 Å². The summed E-state index contributed by atoms with van der Waals surface area (Å²) in [5.41, 5.74) is 0.967. The molecule has 1 fully saturated rings. The summed E-state index contributed by atoms with van der Waals surface area (Å²) in [7, 11) is 0. The molecule has 2 rings (SSSR count). The van der Waals surface area contributed by atoms with Gasteiger partial charge in [0.15, 0.2) is 0 Å². The predicted octanol–water partition coefficient (Wildman–Crippen LogP) is 2.92. The van der Waals surface area contributed by atoms with Crippen LogP contribution >= 0.6 is 15.9 Å². The highest BCUT2D eigenvalue weighted by Crippen LogP contribution is 2.17. The molecule has 1 saturated carbocycles. The highest BCUT2D eigenvalue weighted by atomic mass is 79.9. The Hall–Kier alpha value is -1.03. The van der Waals surface area contributed by atoms with Crippen molar-refractivity contribution in [3.8, 4) is 0 Å². The van der Waals surface area contributed by atoms with E-state index in [-0.39, 0.29) is 5.91 Å². The van der Waals surface area contributed by atoms with Crippen molar-refractivity contribution in [3.05, 3.63) is 28.7 Å². The van der Waals surface area contributed by atoms with Gasteiger partial charge in [-0.25, -0.2) is 0 Å². The summed E-state index contributed by atoms with van der Waals surface area (Å²) in [4.78, 5) is 11.7. The molecule has 1 aromatic carbocycles. The number of carbonyl (C=O) groups excluding carboxylic acids is 1. The van der Waals surface area contributed by atoms with Gasteiger partial charge in [-0.1, -0.05) is 28.8 Å². The van der Waals surface area contributed by atoms with Gasteiger partial charge in [-0.05, 0) is 37.1 Å². The van der Waals surface area contributed by atoms with Crippen LogP contribution in [0.5, 0.6) is 0 Å². The molecule has 3 nitrogen and oxygen atoms in total. The van der Waals surface area contributed by atoms with Gasteiger partial charge in [-0.2, -0.15) is 0 Å². The Kier molecular flexibility index (Phi) is 4.42. The maximum Gasteiger partial charge on any atom is 0.239 e. The molecule has 0 spiro atoms. The van der Waals surface area contributed by atoms with Crippen LogP contribution in [-0.4, -0.2) is 18.5 Å². The minimum absolute atomic E-state index is 0.0832.